The molecule has 0 bridgehead atoms. The summed E-state index contributed by atoms with van der Waals surface area (Å²) in [6, 6.07) is 11.2. The van der Waals surface area contributed by atoms with Gasteiger partial charge in [0.2, 0.25) is 11.8 Å². The van der Waals surface area contributed by atoms with Crippen molar-refractivity contribution >= 4 is 40.2 Å². The maximum Gasteiger partial charge on any atom is 0.329 e. The number of piperidine rings is 2. The maximum atomic E-state index is 13.5. The predicted molar refractivity (Wildman–Crippen MR) is 210 cm³/mol. The zero-order valence-corrected chi connectivity index (χ0v) is 32.4. The number of rotatable bonds is 10. The highest BCUT2D eigenvalue weighted by molar-refractivity contribution is 6.06. The summed E-state index contributed by atoms with van der Waals surface area (Å²) in [5.41, 5.74) is 3.99. The zero-order chi connectivity index (χ0) is 40.0. The summed E-state index contributed by atoms with van der Waals surface area (Å²) >= 11 is 0. The van der Waals surface area contributed by atoms with Crippen LogP contribution in [0.2, 0.25) is 0 Å². The van der Waals surface area contributed by atoms with Crippen molar-refractivity contribution in [3.8, 4) is 5.75 Å². The average Bonchev–Trinajstić information content (AvgIpc) is 3.72. The largest absolute Gasteiger partial charge is 0.490 e. The Balaban J connectivity index is 0.893. The number of amides is 3. The minimum Gasteiger partial charge on any atom is -0.490 e. The summed E-state index contributed by atoms with van der Waals surface area (Å²) in [7, 11) is 1.77. The lowest BCUT2D eigenvalue weighted by Crippen LogP contribution is -2.44. The summed E-state index contributed by atoms with van der Waals surface area (Å²) in [6.07, 6.45) is 7.39. The Labute approximate surface area is 328 Å². The third-order valence-electron chi connectivity index (χ3n) is 11.9. The van der Waals surface area contributed by atoms with E-state index < -0.39 is 30.0 Å². The van der Waals surface area contributed by atoms with Gasteiger partial charge in [-0.25, -0.2) is 23.5 Å². The Morgan fingerprint density at radius 1 is 0.947 bits per heavy atom. The number of likely N-dealkylation sites (tertiary alicyclic amines) is 1. The summed E-state index contributed by atoms with van der Waals surface area (Å²) in [4.78, 5) is 62.8. The molecule has 300 valence electrons. The Kier molecular flexibility index (Phi) is 10.7. The molecule has 57 heavy (non-hydrogen) atoms. The lowest BCUT2D eigenvalue weighted by atomic mass is 9.80. The van der Waals surface area contributed by atoms with Crippen molar-refractivity contribution in [2.75, 3.05) is 25.0 Å². The molecule has 6 heterocycles. The Morgan fingerprint density at radius 3 is 2.42 bits per heavy atom. The second kappa shape index (κ2) is 15.8. The summed E-state index contributed by atoms with van der Waals surface area (Å²) in [6.45, 7) is 6.73. The number of alkyl halides is 2. The van der Waals surface area contributed by atoms with Gasteiger partial charge in [-0.2, -0.15) is 0 Å². The number of imidazole rings is 2. The predicted octanol–water partition coefficient (Wildman–Crippen LogP) is 6.49. The van der Waals surface area contributed by atoms with Gasteiger partial charge in [-0.15, -0.1) is 0 Å². The zero-order valence-electron chi connectivity index (χ0n) is 32.4. The number of aromatic nitrogens is 5. The topological polar surface area (TPSA) is 145 Å². The van der Waals surface area contributed by atoms with E-state index in [0.717, 1.165) is 80.4 Å². The number of anilines is 1. The van der Waals surface area contributed by atoms with Crippen molar-refractivity contribution in [1.29, 1.82) is 0 Å². The molecule has 0 spiro atoms. The van der Waals surface area contributed by atoms with Crippen LogP contribution >= 0.6 is 0 Å². The first-order valence-corrected chi connectivity index (χ1v) is 19.9. The fourth-order valence-corrected chi connectivity index (χ4v) is 9.04. The van der Waals surface area contributed by atoms with Crippen LogP contribution in [0.5, 0.6) is 5.75 Å². The summed E-state index contributed by atoms with van der Waals surface area (Å²) in [5, 5.41) is 5.03. The quantitative estimate of drug-likeness (QED) is 0.153. The normalized spacial score (nSPS) is 21.1. The van der Waals surface area contributed by atoms with Crippen LogP contribution in [0.3, 0.4) is 0 Å². The smallest absolute Gasteiger partial charge is 0.329 e. The van der Waals surface area contributed by atoms with Crippen LogP contribution in [-0.4, -0.2) is 71.9 Å². The number of aryl methyl sites for hydroxylation is 1. The Morgan fingerprint density at radius 2 is 1.70 bits per heavy atom. The molecule has 1 atom stereocenters. The number of carbonyl (C=O) groups excluding carboxylic acids is 3. The van der Waals surface area contributed by atoms with Crippen LogP contribution in [0.4, 0.5) is 14.6 Å². The van der Waals surface area contributed by atoms with Crippen LogP contribution in [-0.2, 0) is 16.6 Å². The first-order valence-electron chi connectivity index (χ1n) is 19.9. The third-order valence-corrected chi connectivity index (χ3v) is 11.9. The molecule has 1 aromatic carbocycles. The van der Waals surface area contributed by atoms with Gasteiger partial charge >= 0.3 is 5.69 Å². The molecule has 5 aromatic rings. The fourth-order valence-electron chi connectivity index (χ4n) is 9.04. The van der Waals surface area contributed by atoms with Crippen LogP contribution in [0.25, 0.3) is 16.7 Å². The summed E-state index contributed by atoms with van der Waals surface area (Å²) < 4.78 is 37.5. The molecular weight excluding hydrogens is 735 g/mol. The molecule has 3 aliphatic rings. The number of ether oxygens (including phenoxy) is 1. The lowest BCUT2D eigenvalue weighted by molar-refractivity contribution is -0.135. The second-order valence-corrected chi connectivity index (χ2v) is 16.0. The van der Waals surface area contributed by atoms with Crippen molar-refractivity contribution in [1.82, 2.24) is 33.7 Å². The van der Waals surface area contributed by atoms with E-state index in [1.165, 1.54) is 18.2 Å². The van der Waals surface area contributed by atoms with Gasteiger partial charge < -0.3 is 19.4 Å². The molecule has 2 saturated heterocycles. The fraction of sp³-hybridized carbons (Fsp3) is 0.476. The van der Waals surface area contributed by atoms with Crippen LogP contribution in [0, 0.1) is 5.92 Å². The number of para-hydroxylation sites is 1. The molecule has 3 fully saturated rings. The number of fused-ring (bicyclic) bond motifs is 2. The van der Waals surface area contributed by atoms with E-state index in [0.29, 0.717) is 35.6 Å². The molecule has 1 unspecified atom stereocenters. The van der Waals surface area contributed by atoms with Gasteiger partial charge in [-0.05, 0) is 107 Å². The molecule has 4 aromatic heterocycles. The van der Waals surface area contributed by atoms with E-state index in [2.05, 4.69) is 26.6 Å². The van der Waals surface area contributed by atoms with Gasteiger partial charge in [0.25, 0.3) is 12.3 Å². The van der Waals surface area contributed by atoms with Crippen LogP contribution < -0.4 is 21.1 Å². The van der Waals surface area contributed by atoms with E-state index >= 15 is 0 Å². The van der Waals surface area contributed by atoms with Gasteiger partial charge in [-0.1, -0.05) is 18.2 Å². The van der Waals surface area contributed by atoms with Crippen molar-refractivity contribution in [2.45, 2.75) is 95.6 Å². The Hall–Kier alpha value is -5.44. The minimum absolute atomic E-state index is 0.0332. The van der Waals surface area contributed by atoms with Gasteiger partial charge in [0.15, 0.2) is 0 Å². The van der Waals surface area contributed by atoms with Crippen molar-refractivity contribution in [3.63, 3.8) is 0 Å². The lowest BCUT2D eigenvalue weighted by Gasteiger charge is -2.36. The highest BCUT2D eigenvalue weighted by Crippen LogP contribution is 2.39. The molecule has 1 aliphatic carbocycles. The standard InChI is InChI=1S/C42H48F2N8O5/c1-24(2)57-34-20-36-46-31(23-51(36)22-29(34)40(54)47-35-9-5-7-30(45-35)39(43)44)27-12-10-25(11-13-27)21-50-18-16-26(17-19-50)28-6-4-8-32-38(28)49(3)42(56)52(32)33-14-15-37(53)48-41(33)55/h4-9,20,22-27,33,39H,10-19,21H2,1-3H3,(H,45,47,54)(H,48,53,55). The first kappa shape index (κ1) is 38.4. The van der Waals surface area contributed by atoms with Gasteiger partial charge in [0.1, 0.15) is 29.0 Å². The molecule has 13 nitrogen and oxygen atoms in total. The summed E-state index contributed by atoms with van der Waals surface area (Å²) in [5.74, 6) is 0.320. The number of benzene rings is 1. The van der Waals surface area contributed by atoms with Crippen LogP contribution in [0.1, 0.15) is 117 Å². The SMILES string of the molecule is CC(C)Oc1cc2nc(C3CCC(CN4CCC(c5cccc6c5n(C)c(=O)n6C5CCC(=O)NC5=O)CC4)CC3)cn2cc1C(=O)Nc1cccc(C(F)F)n1. The number of hydrogen-bond acceptors (Lipinski definition) is 8. The van der Waals surface area contributed by atoms with Crippen molar-refractivity contribution in [3.05, 3.63) is 87.9 Å². The second-order valence-electron chi connectivity index (χ2n) is 16.0. The molecule has 8 rings (SSSR count). The van der Waals surface area contributed by atoms with Gasteiger partial charge in [0, 0.05) is 44.4 Å². The number of nitrogens with zero attached hydrogens (tertiary/aromatic N) is 6. The highest BCUT2D eigenvalue weighted by atomic mass is 19.3. The number of pyridine rings is 2. The number of hydrogen-bond donors (Lipinski definition) is 2. The van der Waals surface area contributed by atoms with Gasteiger partial charge in [-0.3, -0.25) is 28.8 Å². The monoisotopic (exact) mass is 782 g/mol. The molecule has 15 heteroatoms. The Bertz CT molecular complexity index is 2390. The van der Waals surface area contributed by atoms with Crippen LogP contribution in [0.15, 0.2) is 59.7 Å². The maximum absolute atomic E-state index is 13.5. The van der Waals surface area contributed by atoms with E-state index in [1.807, 2.05) is 36.6 Å². The first-order chi connectivity index (χ1) is 27.4. The molecule has 2 aliphatic heterocycles. The molecule has 1 saturated carbocycles. The van der Waals surface area contributed by atoms with Crippen molar-refractivity contribution in [2.24, 2.45) is 13.0 Å². The number of nitrogens with one attached hydrogen (secondary N) is 2. The molecule has 0 radical (unpaired) electrons. The molecule has 3 amide bonds. The third kappa shape index (κ3) is 7.81. The number of imide groups is 1. The van der Waals surface area contributed by atoms with E-state index in [-0.39, 0.29) is 35.5 Å². The highest BCUT2D eigenvalue weighted by Gasteiger charge is 2.33. The van der Waals surface area contributed by atoms with Crippen molar-refractivity contribution < 1.29 is 27.9 Å². The number of carbonyl (C=O) groups is 3. The van der Waals surface area contributed by atoms with Gasteiger partial charge in [0.05, 0.1) is 28.4 Å². The minimum atomic E-state index is -2.75. The van der Waals surface area contributed by atoms with E-state index in [9.17, 15) is 28.0 Å². The molecular formula is C42H48F2N8O5. The number of halogens is 2. The van der Waals surface area contributed by atoms with E-state index in [4.69, 9.17) is 9.72 Å². The average molecular weight is 783 g/mol. The molecule has 2 N–H and O–H groups in total. The van der Waals surface area contributed by atoms with E-state index in [1.54, 1.807) is 28.4 Å².